The number of hydrogen-bond acceptors (Lipinski definition) is 6. The Kier molecular flexibility index (Phi) is 8.00. The summed E-state index contributed by atoms with van der Waals surface area (Å²) in [6, 6.07) is 8.18. The van der Waals surface area contributed by atoms with Crippen molar-refractivity contribution in [1.82, 2.24) is 10.2 Å². The minimum atomic E-state index is -0.414. The van der Waals surface area contributed by atoms with E-state index in [-0.39, 0.29) is 30.9 Å². The highest BCUT2D eigenvalue weighted by atomic mass is 32.2. The average Bonchev–Trinajstić information content (AvgIpc) is 2.96. The lowest BCUT2D eigenvalue weighted by Crippen LogP contribution is -2.38. The number of nitrogens with one attached hydrogen (secondary N) is 1. The molecule has 1 heterocycles. The van der Waals surface area contributed by atoms with Crippen molar-refractivity contribution in [2.24, 2.45) is 0 Å². The van der Waals surface area contributed by atoms with Crippen LogP contribution in [0.15, 0.2) is 24.3 Å². The van der Waals surface area contributed by atoms with Crippen molar-refractivity contribution in [3.05, 3.63) is 35.4 Å². The molecule has 1 aromatic carbocycles. The van der Waals surface area contributed by atoms with Crippen molar-refractivity contribution in [2.75, 3.05) is 25.4 Å². The first-order valence-electron chi connectivity index (χ1n) is 9.15. The van der Waals surface area contributed by atoms with E-state index in [9.17, 15) is 14.4 Å². The van der Waals surface area contributed by atoms with E-state index in [0.29, 0.717) is 23.0 Å². The topological polar surface area (TPSA) is 75.7 Å². The molecule has 8 heteroatoms. The molecule has 0 spiro atoms. The molecule has 1 fully saturated rings. The third-order valence-corrected chi connectivity index (χ3v) is 5.73. The van der Waals surface area contributed by atoms with Gasteiger partial charge in [-0.2, -0.15) is 0 Å². The maximum absolute atomic E-state index is 11.8. The second-order valence-electron chi connectivity index (χ2n) is 7.56. The summed E-state index contributed by atoms with van der Waals surface area (Å²) in [6.07, 6.45) is 0.785. The number of thiocarbonyl (C=S) groups is 1. The minimum absolute atomic E-state index is 0.0498. The highest BCUT2D eigenvalue weighted by Gasteiger charge is 2.25. The smallest absolute Gasteiger partial charge is 0.306 e. The molecule has 152 valence electrons. The first-order chi connectivity index (χ1) is 13.2. The lowest BCUT2D eigenvalue weighted by molar-refractivity contribution is -0.148. The van der Waals surface area contributed by atoms with Gasteiger partial charge in [0.25, 0.3) is 5.91 Å². The predicted molar refractivity (Wildman–Crippen MR) is 114 cm³/mol. The summed E-state index contributed by atoms with van der Waals surface area (Å²) in [5.74, 6) is -0.509. The first kappa shape index (κ1) is 22.4. The van der Waals surface area contributed by atoms with Crippen LogP contribution in [0.5, 0.6) is 0 Å². The zero-order valence-electron chi connectivity index (χ0n) is 16.4. The fraction of sp³-hybridized carbons (Fsp3) is 0.500. The van der Waals surface area contributed by atoms with Crippen LogP contribution in [-0.4, -0.2) is 52.5 Å². The standard InChI is InChI=1S/C20H26N2O4S2/c1-20(2,3)15-7-4-14(5-8-15)6-9-18(25)26-12-16(23)21-10-11-22-17(24)13-28-19(22)27/h4-5,7-8H,6,9-13H2,1-3H3,(H,21,23). The summed E-state index contributed by atoms with van der Waals surface area (Å²) < 4.78 is 5.54. The van der Waals surface area contributed by atoms with Gasteiger partial charge in [-0.3, -0.25) is 19.3 Å². The monoisotopic (exact) mass is 422 g/mol. The summed E-state index contributed by atoms with van der Waals surface area (Å²) in [5, 5.41) is 2.62. The third-order valence-electron chi connectivity index (χ3n) is 4.30. The van der Waals surface area contributed by atoms with E-state index in [1.54, 1.807) is 0 Å². The van der Waals surface area contributed by atoms with Crippen LogP contribution in [0.25, 0.3) is 0 Å². The summed E-state index contributed by atoms with van der Waals surface area (Å²) in [6.45, 7) is 6.73. The van der Waals surface area contributed by atoms with Crippen molar-refractivity contribution in [2.45, 2.75) is 39.0 Å². The Balaban J connectivity index is 1.63. The van der Waals surface area contributed by atoms with Gasteiger partial charge in [0.15, 0.2) is 6.61 Å². The number of carbonyl (C=O) groups excluding carboxylic acids is 3. The van der Waals surface area contributed by atoms with Crippen LogP contribution >= 0.6 is 24.0 Å². The summed E-state index contributed by atoms with van der Waals surface area (Å²) in [5.41, 5.74) is 2.39. The molecule has 0 bridgehead atoms. The van der Waals surface area contributed by atoms with Gasteiger partial charge in [-0.1, -0.05) is 69.0 Å². The van der Waals surface area contributed by atoms with Crippen LogP contribution in [0.1, 0.15) is 38.3 Å². The molecule has 2 amide bonds. The molecule has 0 atom stereocenters. The molecule has 2 rings (SSSR count). The van der Waals surface area contributed by atoms with Gasteiger partial charge >= 0.3 is 5.97 Å². The Morgan fingerprint density at radius 2 is 1.93 bits per heavy atom. The van der Waals surface area contributed by atoms with E-state index in [0.717, 1.165) is 5.56 Å². The summed E-state index contributed by atoms with van der Waals surface area (Å²) in [7, 11) is 0. The number of thioether (sulfide) groups is 1. The lowest BCUT2D eigenvalue weighted by atomic mass is 9.86. The van der Waals surface area contributed by atoms with Crippen molar-refractivity contribution in [3.8, 4) is 0 Å². The molecule has 28 heavy (non-hydrogen) atoms. The van der Waals surface area contributed by atoms with Crippen molar-refractivity contribution in [3.63, 3.8) is 0 Å². The van der Waals surface area contributed by atoms with Crippen molar-refractivity contribution >= 4 is 46.1 Å². The maximum atomic E-state index is 11.8. The maximum Gasteiger partial charge on any atom is 0.306 e. The second kappa shape index (κ2) is 10.0. The second-order valence-corrected chi connectivity index (χ2v) is 9.17. The lowest BCUT2D eigenvalue weighted by Gasteiger charge is -2.19. The van der Waals surface area contributed by atoms with E-state index < -0.39 is 11.9 Å². The number of hydrogen-bond donors (Lipinski definition) is 1. The number of amides is 2. The molecule has 0 saturated carbocycles. The molecule has 1 saturated heterocycles. The number of benzene rings is 1. The van der Waals surface area contributed by atoms with E-state index in [2.05, 4.69) is 38.2 Å². The zero-order valence-corrected chi connectivity index (χ0v) is 18.1. The highest BCUT2D eigenvalue weighted by Crippen LogP contribution is 2.22. The molecule has 1 aliphatic rings. The Morgan fingerprint density at radius 1 is 1.25 bits per heavy atom. The van der Waals surface area contributed by atoms with Gasteiger partial charge in [0.05, 0.1) is 5.75 Å². The SMILES string of the molecule is CC(C)(C)c1ccc(CCC(=O)OCC(=O)NCCN2C(=O)CSC2=S)cc1. The zero-order chi connectivity index (χ0) is 20.7. The van der Waals surface area contributed by atoms with E-state index in [1.165, 1.54) is 22.2 Å². The van der Waals surface area contributed by atoms with Gasteiger partial charge in [0, 0.05) is 19.5 Å². The molecule has 0 aromatic heterocycles. The van der Waals surface area contributed by atoms with Crippen LogP contribution < -0.4 is 5.32 Å². The molecule has 1 aliphatic heterocycles. The molecular weight excluding hydrogens is 396 g/mol. The van der Waals surface area contributed by atoms with Crippen LogP contribution in [0, 0.1) is 0 Å². The minimum Gasteiger partial charge on any atom is -0.456 e. The van der Waals surface area contributed by atoms with Crippen LogP contribution in [-0.2, 0) is 31.0 Å². The number of nitrogens with zero attached hydrogens (tertiary/aromatic N) is 1. The summed E-state index contributed by atoms with van der Waals surface area (Å²) in [4.78, 5) is 36.6. The Hall–Kier alpha value is -1.93. The molecule has 6 nitrogen and oxygen atoms in total. The van der Waals surface area contributed by atoms with Crippen molar-refractivity contribution < 1.29 is 19.1 Å². The largest absolute Gasteiger partial charge is 0.456 e. The Labute approximate surface area is 175 Å². The van der Waals surface area contributed by atoms with E-state index in [4.69, 9.17) is 17.0 Å². The molecule has 0 radical (unpaired) electrons. The number of carbonyl (C=O) groups is 3. The van der Waals surface area contributed by atoms with Gasteiger partial charge in [-0.05, 0) is 23.0 Å². The van der Waals surface area contributed by atoms with Crippen LogP contribution in [0.2, 0.25) is 0 Å². The van der Waals surface area contributed by atoms with E-state index in [1.807, 2.05) is 12.1 Å². The van der Waals surface area contributed by atoms with Gasteiger partial charge in [-0.25, -0.2) is 0 Å². The first-order valence-corrected chi connectivity index (χ1v) is 10.5. The Bertz CT molecular complexity index is 726. The molecule has 1 aromatic rings. The van der Waals surface area contributed by atoms with Crippen LogP contribution in [0.3, 0.4) is 0 Å². The third kappa shape index (κ3) is 6.91. The molecule has 0 aliphatic carbocycles. The van der Waals surface area contributed by atoms with Gasteiger partial charge in [-0.15, -0.1) is 0 Å². The van der Waals surface area contributed by atoms with Crippen molar-refractivity contribution in [1.29, 1.82) is 0 Å². The fourth-order valence-corrected chi connectivity index (χ4v) is 3.71. The number of esters is 1. The fourth-order valence-electron chi connectivity index (χ4n) is 2.59. The predicted octanol–water partition coefficient (Wildman–Crippen LogP) is 2.44. The average molecular weight is 423 g/mol. The van der Waals surface area contributed by atoms with E-state index >= 15 is 0 Å². The Morgan fingerprint density at radius 3 is 2.50 bits per heavy atom. The highest BCUT2D eigenvalue weighted by molar-refractivity contribution is 8.23. The van der Waals surface area contributed by atoms with Gasteiger partial charge < -0.3 is 10.1 Å². The molecular formula is C20H26N2O4S2. The van der Waals surface area contributed by atoms with Crippen LogP contribution in [0.4, 0.5) is 0 Å². The van der Waals surface area contributed by atoms with Gasteiger partial charge in [0.2, 0.25) is 5.91 Å². The number of aryl methyl sites for hydroxylation is 1. The molecule has 1 N–H and O–H groups in total. The normalized spacial score (nSPS) is 14.3. The number of rotatable bonds is 8. The number of ether oxygens (including phenoxy) is 1. The van der Waals surface area contributed by atoms with Gasteiger partial charge in [0.1, 0.15) is 4.32 Å². The quantitative estimate of drug-likeness (QED) is 0.512. The summed E-state index contributed by atoms with van der Waals surface area (Å²) >= 11 is 6.38. The molecule has 0 unspecified atom stereocenters.